The smallest absolute Gasteiger partial charge is 0.123 e. The second kappa shape index (κ2) is 6.35. The maximum absolute atomic E-state index is 13.3. The van der Waals surface area contributed by atoms with Gasteiger partial charge in [0, 0.05) is 18.5 Å². The summed E-state index contributed by atoms with van der Waals surface area (Å²) in [6.07, 6.45) is 8.64. The van der Waals surface area contributed by atoms with Crippen LogP contribution in [0.3, 0.4) is 0 Å². The molecule has 0 aromatic heterocycles. The number of fused-ring (bicyclic) bond motifs is 1. The van der Waals surface area contributed by atoms with Crippen LogP contribution in [0.25, 0.3) is 0 Å². The lowest BCUT2D eigenvalue weighted by Crippen LogP contribution is -2.36. The predicted octanol–water partition coefficient (Wildman–Crippen LogP) is 4.08. The van der Waals surface area contributed by atoms with Crippen LogP contribution in [0.15, 0.2) is 18.2 Å². The number of benzene rings is 1. The van der Waals surface area contributed by atoms with Gasteiger partial charge < -0.3 is 10.1 Å². The first kappa shape index (κ1) is 14.8. The lowest BCUT2D eigenvalue weighted by atomic mass is 9.79. The molecule has 2 nitrogen and oxygen atoms in total. The van der Waals surface area contributed by atoms with Gasteiger partial charge in [-0.25, -0.2) is 4.39 Å². The van der Waals surface area contributed by atoms with E-state index in [-0.39, 0.29) is 11.9 Å². The molecule has 3 rings (SSSR count). The second-order valence-corrected chi connectivity index (χ2v) is 6.78. The number of hydrogen-bond acceptors (Lipinski definition) is 2. The summed E-state index contributed by atoms with van der Waals surface area (Å²) in [5.41, 5.74) is 1.43. The van der Waals surface area contributed by atoms with Crippen molar-refractivity contribution < 1.29 is 9.13 Å². The van der Waals surface area contributed by atoms with Crippen molar-refractivity contribution in [3.05, 3.63) is 29.6 Å². The Balaban J connectivity index is 1.62. The minimum atomic E-state index is -0.154. The number of hydrogen-bond donors (Lipinski definition) is 1. The van der Waals surface area contributed by atoms with E-state index < -0.39 is 0 Å². The first-order chi connectivity index (χ1) is 10.2. The summed E-state index contributed by atoms with van der Waals surface area (Å²) in [5, 5.41) is 3.61. The molecule has 1 aliphatic heterocycles. The minimum absolute atomic E-state index is 0.154. The molecule has 1 atom stereocenters. The van der Waals surface area contributed by atoms with Gasteiger partial charge in [-0.1, -0.05) is 19.8 Å². The average molecular weight is 291 g/mol. The van der Waals surface area contributed by atoms with Gasteiger partial charge in [-0.05, 0) is 55.8 Å². The van der Waals surface area contributed by atoms with Crippen molar-refractivity contribution >= 4 is 0 Å². The van der Waals surface area contributed by atoms with Crippen molar-refractivity contribution in [2.24, 2.45) is 5.41 Å². The summed E-state index contributed by atoms with van der Waals surface area (Å²) in [5.74, 6) is 0.731. The fraction of sp³-hybridized carbons (Fsp3) is 0.667. The Morgan fingerprint density at radius 2 is 2.14 bits per heavy atom. The third-order valence-electron chi connectivity index (χ3n) is 5.02. The van der Waals surface area contributed by atoms with Crippen molar-refractivity contribution in [2.45, 2.75) is 58.0 Å². The lowest BCUT2D eigenvalue weighted by Gasteiger charge is -2.32. The molecule has 1 aromatic rings. The molecule has 1 aliphatic carbocycles. The van der Waals surface area contributed by atoms with Crippen LogP contribution in [-0.2, 0) is 6.42 Å². The van der Waals surface area contributed by atoms with E-state index in [0.29, 0.717) is 5.41 Å². The molecule has 0 spiro atoms. The molecule has 1 fully saturated rings. The highest BCUT2D eigenvalue weighted by Crippen LogP contribution is 2.44. The van der Waals surface area contributed by atoms with Gasteiger partial charge in [0.1, 0.15) is 17.7 Å². The Morgan fingerprint density at radius 1 is 1.33 bits per heavy atom. The van der Waals surface area contributed by atoms with Gasteiger partial charge in [0.2, 0.25) is 0 Å². The van der Waals surface area contributed by atoms with Gasteiger partial charge in [0.25, 0.3) is 0 Å². The van der Waals surface area contributed by atoms with Crippen molar-refractivity contribution in [2.75, 3.05) is 13.1 Å². The molecule has 2 aliphatic rings. The standard InChI is InChI=1S/C18H26FNO/c1-2-9-20-13-18(7-3-4-8-18)12-16-11-14-10-15(19)5-6-17(14)21-16/h5-6,10,16,20H,2-4,7-9,11-13H2,1H3. The molecule has 0 radical (unpaired) electrons. The van der Waals surface area contributed by atoms with Crippen LogP contribution in [0, 0.1) is 11.2 Å². The van der Waals surface area contributed by atoms with E-state index in [1.165, 1.54) is 38.2 Å². The Hall–Kier alpha value is -1.09. The topological polar surface area (TPSA) is 21.3 Å². The summed E-state index contributed by atoms with van der Waals surface area (Å²) in [4.78, 5) is 0. The molecule has 116 valence electrons. The Kier molecular flexibility index (Phi) is 4.48. The van der Waals surface area contributed by atoms with Crippen LogP contribution < -0.4 is 10.1 Å². The van der Waals surface area contributed by atoms with E-state index in [0.717, 1.165) is 37.2 Å². The lowest BCUT2D eigenvalue weighted by molar-refractivity contribution is 0.134. The number of rotatable bonds is 6. The zero-order chi connectivity index (χ0) is 14.7. The van der Waals surface area contributed by atoms with E-state index in [9.17, 15) is 4.39 Å². The molecule has 0 bridgehead atoms. The highest BCUT2D eigenvalue weighted by molar-refractivity contribution is 5.37. The van der Waals surface area contributed by atoms with Crippen LogP contribution in [0.4, 0.5) is 4.39 Å². The molecule has 1 heterocycles. The average Bonchev–Trinajstić information content (AvgIpc) is 3.06. The third-order valence-corrected chi connectivity index (χ3v) is 5.02. The second-order valence-electron chi connectivity index (χ2n) is 6.78. The molecule has 0 saturated heterocycles. The first-order valence-corrected chi connectivity index (χ1v) is 8.37. The van der Waals surface area contributed by atoms with Gasteiger partial charge >= 0.3 is 0 Å². The van der Waals surface area contributed by atoms with Gasteiger partial charge in [0.05, 0.1) is 0 Å². The van der Waals surface area contributed by atoms with Crippen molar-refractivity contribution in [3.63, 3.8) is 0 Å². The van der Waals surface area contributed by atoms with Gasteiger partial charge in [-0.2, -0.15) is 0 Å². The minimum Gasteiger partial charge on any atom is -0.490 e. The van der Waals surface area contributed by atoms with Crippen molar-refractivity contribution in [1.29, 1.82) is 0 Å². The molecule has 21 heavy (non-hydrogen) atoms. The summed E-state index contributed by atoms with van der Waals surface area (Å²) in [6, 6.07) is 4.91. The third kappa shape index (κ3) is 3.39. The summed E-state index contributed by atoms with van der Waals surface area (Å²) in [7, 11) is 0. The van der Waals surface area contributed by atoms with Crippen LogP contribution in [-0.4, -0.2) is 19.2 Å². The molecule has 1 N–H and O–H groups in total. The molecular formula is C18H26FNO. The number of nitrogens with one attached hydrogen (secondary N) is 1. The van der Waals surface area contributed by atoms with Crippen molar-refractivity contribution in [1.82, 2.24) is 5.32 Å². The highest BCUT2D eigenvalue weighted by atomic mass is 19.1. The van der Waals surface area contributed by atoms with Crippen LogP contribution in [0.5, 0.6) is 5.75 Å². The van der Waals surface area contributed by atoms with Gasteiger partial charge in [-0.3, -0.25) is 0 Å². The highest BCUT2D eigenvalue weighted by Gasteiger charge is 2.38. The van der Waals surface area contributed by atoms with Gasteiger partial charge in [-0.15, -0.1) is 0 Å². The molecule has 1 aromatic carbocycles. The number of ether oxygens (including phenoxy) is 1. The zero-order valence-electron chi connectivity index (χ0n) is 13.0. The SMILES string of the molecule is CCCNCC1(CC2Cc3cc(F)ccc3O2)CCCC1. The fourth-order valence-electron chi connectivity index (χ4n) is 3.99. The predicted molar refractivity (Wildman–Crippen MR) is 83.2 cm³/mol. The Bertz CT molecular complexity index is 482. The Labute approximate surface area is 127 Å². The maximum Gasteiger partial charge on any atom is 0.123 e. The normalized spacial score (nSPS) is 23.0. The number of halogens is 1. The maximum atomic E-state index is 13.3. The summed E-state index contributed by atoms with van der Waals surface area (Å²) in [6.45, 7) is 4.41. The first-order valence-electron chi connectivity index (χ1n) is 8.37. The van der Waals surface area contributed by atoms with Crippen molar-refractivity contribution in [3.8, 4) is 5.75 Å². The molecule has 1 unspecified atom stereocenters. The molecule has 0 amide bonds. The van der Waals surface area contributed by atoms with Crippen LogP contribution >= 0.6 is 0 Å². The van der Waals surface area contributed by atoms with Crippen LogP contribution in [0.1, 0.15) is 51.0 Å². The monoisotopic (exact) mass is 291 g/mol. The van der Waals surface area contributed by atoms with E-state index in [4.69, 9.17) is 4.74 Å². The quantitative estimate of drug-likeness (QED) is 0.797. The molecule has 3 heteroatoms. The molecular weight excluding hydrogens is 265 g/mol. The molecule has 1 saturated carbocycles. The van der Waals surface area contributed by atoms with E-state index in [1.54, 1.807) is 12.1 Å². The zero-order valence-corrected chi connectivity index (χ0v) is 13.0. The van der Waals surface area contributed by atoms with Gasteiger partial charge in [0.15, 0.2) is 0 Å². The van der Waals surface area contributed by atoms with E-state index in [2.05, 4.69) is 12.2 Å². The summed E-state index contributed by atoms with van der Waals surface area (Å²) >= 11 is 0. The van der Waals surface area contributed by atoms with Crippen LogP contribution in [0.2, 0.25) is 0 Å². The van der Waals surface area contributed by atoms with E-state index >= 15 is 0 Å². The summed E-state index contributed by atoms with van der Waals surface area (Å²) < 4.78 is 19.4. The van der Waals surface area contributed by atoms with E-state index in [1.807, 2.05) is 0 Å². The Morgan fingerprint density at radius 3 is 2.90 bits per heavy atom. The largest absolute Gasteiger partial charge is 0.490 e. The fourth-order valence-corrected chi connectivity index (χ4v) is 3.99.